The highest BCUT2D eigenvalue weighted by atomic mass is 79.9. The van der Waals surface area contributed by atoms with Crippen molar-refractivity contribution in [3.63, 3.8) is 0 Å². The molecule has 0 aromatic carbocycles. The van der Waals surface area contributed by atoms with Crippen LogP contribution in [0.15, 0.2) is 28.3 Å². The molecule has 0 bridgehead atoms. The molecular weight excluding hydrogens is 310 g/mol. The third-order valence-electron chi connectivity index (χ3n) is 2.87. The van der Waals surface area contributed by atoms with Gasteiger partial charge in [-0.1, -0.05) is 6.92 Å². The Morgan fingerprint density at radius 1 is 1.50 bits per heavy atom. The lowest BCUT2D eigenvalue weighted by Crippen LogP contribution is -2.20. The lowest BCUT2D eigenvalue weighted by atomic mass is 10.1. The molecule has 2 heterocycles. The molecule has 98 valence electrons. The first-order valence-electron chi connectivity index (χ1n) is 6.15. The van der Waals surface area contributed by atoms with Crippen molar-refractivity contribution in [2.45, 2.75) is 25.8 Å². The van der Waals surface area contributed by atoms with E-state index >= 15 is 0 Å². The van der Waals surface area contributed by atoms with E-state index in [0.29, 0.717) is 6.04 Å². The molecule has 1 atom stereocenters. The van der Waals surface area contributed by atoms with Crippen LogP contribution in [-0.2, 0) is 13.5 Å². The van der Waals surface area contributed by atoms with Gasteiger partial charge in [0.1, 0.15) is 0 Å². The normalized spacial score (nSPS) is 12.8. The zero-order valence-corrected chi connectivity index (χ0v) is 13.1. The SMILES string of the molecule is CCNC(CCc1cnn(C)c1)c1ccc(Br)s1. The van der Waals surface area contributed by atoms with Crippen LogP contribution in [-0.4, -0.2) is 16.3 Å². The molecule has 2 aromatic rings. The molecule has 0 aliphatic rings. The zero-order valence-electron chi connectivity index (χ0n) is 10.7. The number of aromatic nitrogens is 2. The van der Waals surface area contributed by atoms with E-state index < -0.39 is 0 Å². The van der Waals surface area contributed by atoms with Crippen molar-refractivity contribution < 1.29 is 0 Å². The van der Waals surface area contributed by atoms with Gasteiger partial charge in [-0.3, -0.25) is 4.68 Å². The van der Waals surface area contributed by atoms with Crippen molar-refractivity contribution in [2.75, 3.05) is 6.54 Å². The summed E-state index contributed by atoms with van der Waals surface area (Å²) in [6.07, 6.45) is 6.20. The topological polar surface area (TPSA) is 29.9 Å². The molecule has 0 radical (unpaired) electrons. The molecule has 0 aliphatic carbocycles. The molecular formula is C13H18BrN3S. The Morgan fingerprint density at radius 2 is 2.33 bits per heavy atom. The second-order valence-electron chi connectivity index (χ2n) is 4.31. The first-order valence-corrected chi connectivity index (χ1v) is 7.76. The average molecular weight is 328 g/mol. The Hall–Kier alpha value is -0.650. The fourth-order valence-corrected chi connectivity index (χ4v) is 3.55. The molecule has 0 amide bonds. The smallest absolute Gasteiger partial charge is 0.0701 e. The average Bonchev–Trinajstić information content (AvgIpc) is 2.94. The van der Waals surface area contributed by atoms with Gasteiger partial charge in [0, 0.05) is 24.2 Å². The van der Waals surface area contributed by atoms with Crippen molar-refractivity contribution in [1.82, 2.24) is 15.1 Å². The van der Waals surface area contributed by atoms with Crippen LogP contribution in [0.25, 0.3) is 0 Å². The van der Waals surface area contributed by atoms with Crippen LogP contribution in [0.3, 0.4) is 0 Å². The van der Waals surface area contributed by atoms with Crippen LogP contribution in [0.4, 0.5) is 0 Å². The van der Waals surface area contributed by atoms with Gasteiger partial charge in [0.05, 0.1) is 9.98 Å². The first-order chi connectivity index (χ1) is 8.69. The Bertz CT molecular complexity index is 492. The van der Waals surface area contributed by atoms with Crippen molar-refractivity contribution >= 4 is 27.3 Å². The maximum atomic E-state index is 4.21. The predicted octanol–water partition coefficient (Wildman–Crippen LogP) is 3.53. The third-order valence-corrected chi connectivity index (χ3v) is 4.61. The molecule has 2 rings (SSSR count). The molecule has 1 unspecified atom stereocenters. The molecule has 2 aromatic heterocycles. The summed E-state index contributed by atoms with van der Waals surface area (Å²) in [5.74, 6) is 0. The van der Waals surface area contributed by atoms with Gasteiger partial charge in [-0.15, -0.1) is 11.3 Å². The summed E-state index contributed by atoms with van der Waals surface area (Å²) in [5.41, 5.74) is 1.30. The summed E-state index contributed by atoms with van der Waals surface area (Å²) < 4.78 is 3.06. The van der Waals surface area contributed by atoms with Gasteiger partial charge < -0.3 is 5.32 Å². The van der Waals surface area contributed by atoms with E-state index in [1.165, 1.54) is 14.2 Å². The van der Waals surface area contributed by atoms with E-state index in [9.17, 15) is 0 Å². The molecule has 5 heteroatoms. The number of nitrogens with one attached hydrogen (secondary N) is 1. The molecule has 0 aliphatic heterocycles. The first kappa shape index (κ1) is 13.8. The van der Waals surface area contributed by atoms with E-state index in [1.807, 2.05) is 29.3 Å². The van der Waals surface area contributed by atoms with Gasteiger partial charge >= 0.3 is 0 Å². The molecule has 1 N–H and O–H groups in total. The molecule has 0 saturated carbocycles. The van der Waals surface area contributed by atoms with E-state index in [2.05, 4.69) is 51.6 Å². The minimum atomic E-state index is 0.437. The number of halogens is 1. The molecule has 0 fully saturated rings. The number of aryl methyl sites for hydroxylation is 2. The summed E-state index contributed by atoms with van der Waals surface area (Å²) in [6.45, 7) is 3.15. The van der Waals surface area contributed by atoms with Crippen LogP contribution in [0.2, 0.25) is 0 Å². The van der Waals surface area contributed by atoms with Crippen LogP contribution in [0.5, 0.6) is 0 Å². The largest absolute Gasteiger partial charge is 0.310 e. The van der Waals surface area contributed by atoms with E-state index in [0.717, 1.165) is 19.4 Å². The number of nitrogens with zero attached hydrogens (tertiary/aromatic N) is 2. The van der Waals surface area contributed by atoms with Gasteiger partial charge in [0.15, 0.2) is 0 Å². The molecule has 18 heavy (non-hydrogen) atoms. The van der Waals surface area contributed by atoms with Gasteiger partial charge in [-0.05, 0) is 53.0 Å². The van der Waals surface area contributed by atoms with Crippen LogP contribution in [0, 0.1) is 0 Å². The summed E-state index contributed by atoms with van der Waals surface area (Å²) in [7, 11) is 1.96. The monoisotopic (exact) mass is 327 g/mol. The highest BCUT2D eigenvalue weighted by Gasteiger charge is 2.12. The zero-order chi connectivity index (χ0) is 13.0. The predicted molar refractivity (Wildman–Crippen MR) is 80.0 cm³/mol. The lowest BCUT2D eigenvalue weighted by molar-refractivity contribution is 0.523. The van der Waals surface area contributed by atoms with Crippen molar-refractivity contribution in [3.8, 4) is 0 Å². The van der Waals surface area contributed by atoms with Gasteiger partial charge in [0.2, 0.25) is 0 Å². The second-order valence-corrected chi connectivity index (χ2v) is 6.81. The number of thiophene rings is 1. The van der Waals surface area contributed by atoms with Crippen molar-refractivity contribution in [1.29, 1.82) is 0 Å². The molecule has 3 nitrogen and oxygen atoms in total. The Morgan fingerprint density at radius 3 is 2.89 bits per heavy atom. The minimum absolute atomic E-state index is 0.437. The lowest BCUT2D eigenvalue weighted by Gasteiger charge is -2.15. The highest BCUT2D eigenvalue weighted by Crippen LogP contribution is 2.29. The maximum Gasteiger partial charge on any atom is 0.0701 e. The van der Waals surface area contributed by atoms with E-state index in [4.69, 9.17) is 0 Å². The highest BCUT2D eigenvalue weighted by molar-refractivity contribution is 9.11. The Balaban J connectivity index is 1.98. The van der Waals surface area contributed by atoms with E-state index in [-0.39, 0.29) is 0 Å². The standard InChI is InChI=1S/C13H18BrN3S/c1-3-15-11(12-6-7-13(14)18-12)5-4-10-8-16-17(2)9-10/h6-9,11,15H,3-5H2,1-2H3. The summed E-state index contributed by atoms with van der Waals surface area (Å²) in [5, 5.41) is 7.76. The molecule has 0 saturated heterocycles. The number of hydrogen-bond acceptors (Lipinski definition) is 3. The van der Waals surface area contributed by atoms with Crippen molar-refractivity contribution in [2.24, 2.45) is 7.05 Å². The quantitative estimate of drug-likeness (QED) is 0.879. The maximum absolute atomic E-state index is 4.21. The van der Waals surface area contributed by atoms with Crippen molar-refractivity contribution in [3.05, 3.63) is 38.8 Å². The van der Waals surface area contributed by atoms with Gasteiger partial charge in [-0.2, -0.15) is 5.10 Å². The second kappa shape index (κ2) is 6.50. The fraction of sp³-hybridized carbons (Fsp3) is 0.462. The van der Waals surface area contributed by atoms with Gasteiger partial charge in [0.25, 0.3) is 0 Å². The Kier molecular flexibility index (Phi) is 4.97. The van der Waals surface area contributed by atoms with Crippen LogP contribution in [0.1, 0.15) is 29.8 Å². The fourth-order valence-electron chi connectivity index (χ4n) is 2.02. The number of rotatable bonds is 6. The van der Waals surface area contributed by atoms with E-state index in [1.54, 1.807) is 0 Å². The number of hydrogen-bond donors (Lipinski definition) is 1. The Labute approximate surface area is 120 Å². The summed E-state index contributed by atoms with van der Waals surface area (Å²) in [4.78, 5) is 1.40. The van der Waals surface area contributed by atoms with Crippen LogP contribution >= 0.6 is 27.3 Å². The summed E-state index contributed by atoms with van der Waals surface area (Å²) >= 11 is 5.34. The van der Waals surface area contributed by atoms with Gasteiger partial charge in [-0.25, -0.2) is 0 Å². The summed E-state index contributed by atoms with van der Waals surface area (Å²) in [6, 6.07) is 4.76. The van der Waals surface area contributed by atoms with Crippen LogP contribution < -0.4 is 5.32 Å². The minimum Gasteiger partial charge on any atom is -0.310 e. The third kappa shape index (κ3) is 3.67. The molecule has 0 spiro atoms.